The largest absolute Gasteiger partial charge is 0.506 e. The molecule has 1 aromatic carbocycles. The summed E-state index contributed by atoms with van der Waals surface area (Å²) in [5, 5.41) is 10.0. The number of esters is 1. The average Bonchev–Trinajstić information content (AvgIpc) is 2.73. The number of carbonyl (C=O) groups is 1. The Kier molecular flexibility index (Phi) is 13.3. The number of ether oxygens (including phenoxy) is 1. The maximum atomic E-state index is 12.0. The van der Waals surface area contributed by atoms with Crippen LogP contribution in [0.3, 0.4) is 0 Å². The van der Waals surface area contributed by atoms with Crippen LogP contribution in [-0.4, -0.2) is 36.1 Å². The van der Waals surface area contributed by atoms with Crippen LogP contribution in [0, 0.1) is 6.92 Å². The van der Waals surface area contributed by atoms with Gasteiger partial charge in [-0.1, -0.05) is 34.1 Å². The van der Waals surface area contributed by atoms with Gasteiger partial charge in [0.1, 0.15) is 11.4 Å². The fourth-order valence-electron chi connectivity index (χ4n) is 2.39. The van der Waals surface area contributed by atoms with E-state index in [2.05, 4.69) is 23.8 Å². The lowest BCUT2D eigenvalue weighted by Crippen LogP contribution is -2.18. The van der Waals surface area contributed by atoms with Crippen molar-refractivity contribution in [1.29, 1.82) is 0 Å². The second-order valence-corrected chi connectivity index (χ2v) is 6.18. The van der Waals surface area contributed by atoms with E-state index in [1.807, 2.05) is 32.7 Å². The number of anilines is 1. The van der Waals surface area contributed by atoms with Crippen LogP contribution in [0.4, 0.5) is 11.4 Å². The first kappa shape index (κ1) is 26.9. The normalized spacial score (nSPS) is 9.83. The highest BCUT2D eigenvalue weighted by atomic mass is 16.5. The fraction of sp³-hybridized carbons (Fsp3) is 0.435. The van der Waals surface area contributed by atoms with Gasteiger partial charge in [0.05, 0.1) is 36.4 Å². The van der Waals surface area contributed by atoms with Gasteiger partial charge in [-0.05, 0) is 44.2 Å². The van der Waals surface area contributed by atoms with Gasteiger partial charge in [-0.3, -0.25) is 4.98 Å². The summed E-state index contributed by atoms with van der Waals surface area (Å²) in [7, 11) is 1.82. The summed E-state index contributed by atoms with van der Waals surface area (Å²) in [6.07, 6.45) is 2.44. The van der Waals surface area contributed by atoms with Gasteiger partial charge in [0.15, 0.2) is 0 Å². The molecule has 2 aromatic rings. The average molecular weight is 417 g/mol. The minimum atomic E-state index is -0.406. The number of hydrogen-bond donors (Lipinski definition) is 2. The third kappa shape index (κ3) is 8.51. The van der Waals surface area contributed by atoms with Crippen LogP contribution in [0.25, 0.3) is 0 Å². The lowest BCUT2D eigenvalue weighted by Gasteiger charge is -2.22. The SMILES string of the molecule is CC.CCC.CCOC(=O)c1ccc(N=CN)c(N(C)Cc2nc(C)ccc2O)c1. The van der Waals surface area contributed by atoms with E-state index in [0.29, 0.717) is 35.8 Å². The number of carbonyl (C=O) groups excluding carboxylic acids is 1. The zero-order valence-corrected chi connectivity index (χ0v) is 19.3. The number of benzene rings is 1. The van der Waals surface area contributed by atoms with Gasteiger partial charge < -0.3 is 20.5 Å². The molecule has 0 fully saturated rings. The van der Waals surface area contributed by atoms with Crippen molar-refractivity contribution in [2.24, 2.45) is 10.7 Å². The van der Waals surface area contributed by atoms with Crippen molar-refractivity contribution in [3.8, 4) is 5.75 Å². The Morgan fingerprint density at radius 1 is 1.23 bits per heavy atom. The van der Waals surface area contributed by atoms with Gasteiger partial charge in [-0.25, -0.2) is 9.79 Å². The molecule has 2 rings (SSSR count). The molecule has 3 N–H and O–H groups in total. The van der Waals surface area contributed by atoms with Crippen molar-refractivity contribution < 1.29 is 14.6 Å². The van der Waals surface area contributed by atoms with Crippen LogP contribution in [0.15, 0.2) is 35.3 Å². The molecule has 0 aliphatic heterocycles. The Labute approximate surface area is 180 Å². The number of aromatic nitrogens is 1. The highest BCUT2D eigenvalue weighted by Gasteiger charge is 2.15. The monoisotopic (exact) mass is 416 g/mol. The molecule has 1 heterocycles. The van der Waals surface area contributed by atoms with Crippen LogP contribution in [0.2, 0.25) is 0 Å². The molecule has 0 unspecified atom stereocenters. The molecule has 0 radical (unpaired) electrons. The van der Waals surface area contributed by atoms with E-state index in [1.165, 1.54) is 12.8 Å². The van der Waals surface area contributed by atoms with Crippen LogP contribution < -0.4 is 10.6 Å². The second-order valence-electron chi connectivity index (χ2n) is 6.18. The Hall–Kier alpha value is -3.09. The molecule has 1 aromatic heterocycles. The number of hydrogen-bond acceptors (Lipinski definition) is 6. The Morgan fingerprint density at radius 2 is 1.87 bits per heavy atom. The van der Waals surface area contributed by atoms with Gasteiger partial charge in [0.25, 0.3) is 0 Å². The lowest BCUT2D eigenvalue weighted by molar-refractivity contribution is 0.0526. The molecule has 0 saturated carbocycles. The van der Waals surface area contributed by atoms with E-state index in [0.717, 1.165) is 5.69 Å². The van der Waals surface area contributed by atoms with Crippen molar-refractivity contribution >= 4 is 23.7 Å². The number of aromatic hydroxyl groups is 1. The molecule has 30 heavy (non-hydrogen) atoms. The molecule has 0 aliphatic carbocycles. The Bertz CT molecular complexity index is 807. The van der Waals surface area contributed by atoms with Crippen molar-refractivity contribution in [2.45, 2.75) is 54.5 Å². The first-order chi connectivity index (χ1) is 14.4. The summed E-state index contributed by atoms with van der Waals surface area (Å²) in [6.45, 7) is 12.5. The number of nitrogens with zero attached hydrogens (tertiary/aromatic N) is 3. The van der Waals surface area contributed by atoms with E-state index >= 15 is 0 Å². The lowest BCUT2D eigenvalue weighted by atomic mass is 10.1. The third-order valence-corrected chi connectivity index (χ3v) is 3.59. The zero-order valence-electron chi connectivity index (χ0n) is 19.3. The van der Waals surface area contributed by atoms with E-state index in [9.17, 15) is 9.90 Å². The first-order valence-corrected chi connectivity index (χ1v) is 10.3. The van der Waals surface area contributed by atoms with Gasteiger partial charge >= 0.3 is 5.97 Å². The van der Waals surface area contributed by atoms with Crippen molar-refractivity contribution in [3.05, 3.63) is 47.3 Å². The summed E-state index contributed by atoms with van der Waals surface area (Å²) in [6, 6.07) is 8.38. The number of aliphatic imine (C=N–C) groups is 1. The molecule has 0 spiro atoms. The molecular weight excluding hydrogens is 380 g/mol. The number of nitrogens with two attached hydrogens (primary N) is 1. The summed E-state index contributed by atoms with van der Waals surface area (Å²) in [5.41, 5.74) is 8.45. The van der Waals surface area contributed by atoms with Gasteiger partial charge in [0.2, 0.25) is 0 Å². The quantitative estimate of drug-likeness (QED) is 0.392. The predicted molar refractivity (Wildman–Crippen MR) is 125 cm³/mol. The Balaban J connectivity index is 0.00000154. The maximum Gasteiger partial charge on any atom is 0.338 e. The minimum absolute atomic E-state index is 0.114. The molecule has 166 valence electrons. The fourth-order valence-corrected chi connectivity index (χ4v) is 2.39. The van der Waals surface area contributed by atoms with Crippen LogP contribution >= 0.6 is 0 Å². The molecule has 0 saturated heterocycles. The van der Waals surface area contributed by atoms with Crippen molar-refractivity contribution in [1.82, 2.24) is 4.98 Å². The van der Waals surface area contributed by atoms with Gasteiger partial charge in [-0.2, -0.15) is 0 Å². The highest BCUT2D eigenvalue weighted by molar-refractivity contribution is 5.92. The van der Waals surface area contributed by atoms with E-state index in [1.54, 1.807) is 37.3 Å². The molecule has 0 aliphatic rings. The topological polar surface area (TPSA) is 101 Å². The molecule has 0 atom stereocenters. The van der Waals surface area contributed by atoms with Crippen molar-refractivity contribution in [2.75, 3.05) is 18.6 Å². The smallest absolute Gasteiger partial charge is 0.338 e. The molecule has 0 bridgehead atoms. The number of rotatable bonds is 6. The van der Waals surface area contributed by atoms with Crippen LogP contribution in [0.5, 0.6) is 5.75 Å². The molecule has 0 amide bonds. The minimum Gasteiger partial charge on any atom is -0.506 e. The van der Waals surface area contributed by atoms with Crippen LogP contribution in [0.1, 0.15) is 62.8 Å². The molecule has 7 heteroatoms. The zero-order chi connectivity index (χ0) is 23.1. The van der Waals surface area contributed by atoms with Gasteiger partial charge in [-0.15, -0.1) is 0 Å². The highest BCUT2D eigenvalue weighted by Crippen LogP contribution is 2.31. The van der Waals surface area contributed by atoms with E-state index in [4.69, 9.17) is 10.5 Å². The van der Waals surface area contributed by atoms with E-state index < -0.39 is 5.97 Å². The maximum absolute atomic E-state index is 12.0. The summed E-state index contributed by atoms with van der Waals surface area (Å²) in [4.78, 5) is 22.3. The van der Waals surface area contributed by atoms with Crippen molar-refractivity contribution in [3.63, 3.8) is 0 Å². The summed E-state index contributed by atoms with van der Waals surface area (Å²) < 4.78 is 5.04. The van der Waals surface area contributed by atoms with Crippen LogP contribution in [-0.2, 0) is 11.3 Å². The standard InChI is InChI=1S/C18H22N4O3.C3H8.C2H6/c1-4-25-18(24)13-6-7-14(20-11-19)16(9-13)22(3)10-15-17(23)8-5-12(2)21-15;1-3-2;1-2/h5-9,11,23H,4,10H2,1-3H3,(H2,19,20);3H2,1-2H3;1-2H3. The van der Waals surface area contributed by atoms with Gasteiger partial charge in [0, 0.05) is 12.7 Å². The molecule has 7 nitrogen and oxygen atoms in total. The van der Waals surface area contributed by atoms with E-state index in [-0.39, 0.29) is 5.75 Å². The second kappa shape index (κ2) is 14.8. The Morgan fingerprint density at radius 3 is 2.43 bits per heavy atom. The number of aryl methyl sites for hydroxylation is 1. The summed E-state index contributed by atoms with van der Waals surface area (Å²) in [5.74, 6) is -0.292. The summed E-state index contributed by atoms with van der Waals surface area (Å²) >= 11 is 0. The molecular formula is C23H36N4O3. The first-order valence-electron chi connectivity index (χ1n) is 10.3. The third-order valence-electron chi connectivity index (χ3n) is 3.59. The predicted octanol–water partition coefficient (Wildman–Crippen LogP) is 4.97. The number of pyridine rings is 1.